The van der Waals surface area contributed by atoms with Crippen LogP contribution in [0.1, 0.15) is 26.2 Å². The molecule has 18 heavy (non-hydrogen) atoms. The number of aldehydes is 1. The first-order valence-corrected chi connectivity index (χ1v) is 6.09. The van der Waals surface area contributed by atoms with Gasteiger partial charge in [0.1, 0.15) is 12.3 Å². The lowest BCUT2D eigenvalue weighted by molar-refractivity contribution is -0.368. The molecule has 7 heteroatoms. The summed E-state index contributed by atoms with van der Waals surface area (Å²) in [5, 5.41) is 5.00. The number of unbranched alkanes of at least 4 members (excludes halogenated alkanes) is 1. The van der Waals surface area contributed by atoms with Crippen LogP contribution in [0.4, 0.5) is 0 Å². The molecule has 2 atom stereocenters. The van der Waals surface area contributed by atoms with E-state index in [4.69, 9.17) is 5.73 Å². The number of quaternary nitrogens is 1. The second kappa shape index (κ2) is 9.55. The van der Waals surface area contributed by atoms with Gasteiger partial charge in [0.2, 0.25) is 11.8 Å². The molecule has 0 heterocycles. The monoisotopic (exact) mass is 259 g/mol. The van der Waals surface area contributed by atoms with Crippen molar-refractivity contribution in [3.63, 3.8) is 0 Å². The lowest BCUT2D eigenvalue weighted by Crippen LogP contribution is -2.50. The highest BCUT2D eigenvalue weighted by Crippen LogP contribution is 1.98. The van der Waals surface area contributed by atoms with Crippen LogP contribution in [0.15, 0.2) is 0 Å². The van der Waals surface area contributed by atoms with E-state index in [0.717, 1.165) is 19.4 Å². The lowest BCUT2D eigenvalue weighted by atomic mass is 10.1. The van der Waals surface area contributed by atoms with Crippen molar-refractivity contribution in [2.45, 2.75) is 38.3 Å². The number of nitrogens with two attached hydrogens (primary N) is 1. The molecule has 0 aliphatic heterocycles. The molecule has 0 fully saturated rings. The summed E-state index contributed by atoms with van der Waals surface area (Å²) >= 11 is 0. The number of hydrogen-bond donors (Lipinski definition) is 4. The predicted octanol–water partition coefficient (Wildman–Crippen LogP) is -2.45. The highest BCUT2D eigenvalue weighted by atomic mass is 16.2. The first-order valence-electron chi connectivity index (χ1n) is 6.09. The van der Waals surface area contributed by atoms with Crippen LogP contribution in [0.5, 0.6) is 0 Å². The van der Waals surface area contributed by atoms with Crippen molar-refractivity contribution in [2.24, 2.45) is 5.73 Å². The minimum absolute atomic E-state index is 0.168. The molecule has 0 unspecified atom stereocenters. The summed E-state index contributed by atoms with van der Waals surface area (Å²) in [5.74, 6) is -0.791. The molecule has 0 saturated heterocycles. The molecule has 104 valence electrons. The van der Waals surface area contributed by atoms with Crippen LogP contribution in [0.3, 0.4) is 0 Å². The van der Waals surface area contributed by atoms with Crippen LogP contribution in [0.25, 0.3) is 0 Å². The maximum Gasteiger partial charge on any atom is 0.242 e. The van der Waals surface area contributed by atoms with E-state index < -0.39 is 18.0 Å². The van der Waals surface area contributed by atoms with Crippen molar-refractivity contribution in [3.8, 4) is 0 Å². The molecule has 0 aliphatic rings. The molecule has 0 rings (SSSR count). The van der Waals surface area contributed by atoms with E-state index in [-0.39, 0.29) is 12.5 Å². The smallest absolute Gasteiger partial charge is 0.242 e. The van der Waals surface area contributed by atoms with E-state index >= 15 is 0 Å². The van der Waals surface area contributed by atoms with E-state index in [0.29, 0.717) is 12.7 Å². The van der Waals surface area contributed by atoms with Gasteiger partial charge in [-0.2, -0.15) is 0 Å². The first-order chi connectivity index (χ1) is 8.54. The van der Waals surface area contributed by atoms with Gasteiger partial charge in [-0.3, -0.25) is 9.59 Å². The number of hydrogen-bond acceptors (Lipinski definition) is 4. The molecular weight excluding hydrogens is 236 g/mol. The molecule has 0 aromatic heterocycles. The second-order valence-corrected chi connectivity index (χ2v) is 4.09. The second-order valence-electron chi connectivity index (χ2n) is 4.09. The summed E-state index contributed by atoms with van der Waals surface area (Å²) in [6.45, 7) is 2.18. The Kier molecular flexibility index (Phi) is 8.77. The fourth-order valence-corrected chi connectivity index (χ4v) is 1.39. The van der Waals surface area contributed by atoms with E-state index in [1.165, 1.54) is 0 Å². The van der Waals surface area contributed by atoms with Gasteiger partial charge in [-0.05, 0) is 26.2 Å². The highest BCUT2D eigenvalue weighted by molar-refractivity contribution is 5.89. The summed E-state index contributed by atoms with van der Waals surface area (Å²) in [6.07, 6.45) is 3.04. The van der Waals surface area contributed by atoms with Crippen LogP contribution in [-0.4, -0.2) is 43.3 Å². The van der Waals surface area contributed by atoms with Gasteiger partial charge >= 0.3 is 0 Å². The Balaban J connectivity index is 4.08. The quantitative estimate of drug-likeness (QED) is 0.270. The Morgan fingerprint density at radius 2 is 2.00 bits per heavy atom. The Morgan fingerprint density at radius 3 is 2.50 bits per heavy atom. The third kappa shape index (κ3) is 6.97. The van der Waals surface area contributed by atoms with Crippen molar-refractivity contribution in [1.82, 2.24) is 10.6 Å². The topological polar surface area (TPSA) is 129 Å². The van der Waals surface area contributed by atoms with Gasteiger partial charge in [-0.1, -0.05) is 0 Å². The summed E-state index contributed by atoms with van der Waals surface area (Å²) in [5.41, 5.74) is 8.83. The maximum absolute atomic E-state index is 11.7. The molecule has 0 radical (unpaired) electrons. The average molecular weight is 259 g/mol. The zero-order valence-electron chi connectivity index (χ0n) is 10.8. The summed E-state index contributed by atoms with van der Waals surface area (Å²) < 4.78 is 0. The number of carbonyl (C=O) groups is 3. The summed E-state index contributed by atoms with van der Waals surface area (Å²) in [6, 6.07) is -1.21. The van der Waals surface area contributed by atoms with Crippen molar-refractivity contribution in [3.05, 3.63) is 0 Å². The Labute approximate surface area is 107 Å². The maximum atomic E-state index is 11.7. The Hall–Kier alpha value is -1.47. The highest BCUT2D eigenvalue weighted by Gasteiger charge is 2.18. The Bertz CT molecular complexity index is 283. The first kappa shape index (κ1) is 16.5. The fourth-order valence-electron chi connectivity index (χ4n) is 1.39. The molecule has 7 nitrogen and oxygen atoms in total. The minimum Gasteiger partial charge on any atom is -0.358 e. The number of nitrogens with one attached hydrogen (secondary N) is 2. The molecule has 0 aromatic rings. The predicted molar refractivity (Wildman–Crippen MR) is 66.3 cm³/mol. The van der Waals surface area contributed by atoms with Gasteiger partial charge in [0.15, 0.2) is 0 Å². The molecule has 0 spiro atoms. The molecule has 7 N–H and O–H groups in total. The van der Waals surface area contributed by atoms with Gasteiger partial charge in [0, 0.05) is 0 Å². The fraction of sp³-hybridized carbons (Fsp3) is 0.727. The SMILES string of the molecule is C[C@H](NC(=O)CN)C(=O)N[C@H](C=O)CCCC[NH3+]. The molecular formula is C11H23N4O3+. The van der Waals surface area contributed by atoms with E-state index in [1.54, 1.807) is 6.92 Å². The van der Waals surface area contributed by atoms with Crippen LogP contribution in [0.2, 0.25) is 0 Å². The zero-order chi connectivity index (χ0) is 14.0. The van der Waals surface area contributed by atoms with Gasteiger partial charge in [-0.15, -0.1) is 0 Å². The van der Waals surface area contributed by atoms with Gasteiger partial charge < -0.3 is 26.9 Å². The third-order valence-electron chi connectivity index (χ3n) is 2.46. The van der Waals surface area contributed by atoms with Gasteiger partial charge in [0.25, 0.3) is 0 Å². The summed E-state index contributed by atoms with van der Waals surface area (Å²) in [7, 11) is 0. The normalized spacial score (nSPS) is 13.5. The van der Waals surface area contributed by atoms with Crippen LogP contribution in [-0.2, 0) is 14.4 Å². The van der Waals surface area contributed by atoms with Crippen molar-refractivity contribution in [1.29, 1.82) is 0 Å². The van der Waals surface area contributed by atoms with Crippen LogP contribution in [0, 0.1) is 0 Å². The third-order valence-corrected chi connectivity index (χ3v) is 2.46. The van der Waals surface area contributed by atoms with Gasteiger partial charge in [-0.25, -0.2) is 0 Å². The van der Waals surface area contributed by atoms with E-state index in [2.05, 4.69) is 16.4 Å². The lowest BCUT2D eigenvalue weighted by Gasteiger charge is -2.17. The molecule has 2 amide bonds. The van der Waals surface area contributed by atoms with Crippen molar-refractivity contribution < 1.29 is 20.1 Å². The number of carbonyl (C=O) groups excluding carboxylic acids is 3. The zero-order valence-corrected chi connectivity index (χ0v) is 10.8. The van der Waals surface area contributed by atoms with Crippen LogP contribution < -0.4 is 22.1 Å². The molecule has 0 aromatic carbocycles. The molecule has 0 aliphatic carbocycles. The van der Waals surface area contributed by atoms with Crippen molar-refractivity contribution in [2.75, 3.05) is 13.1 Å². The van der Waals surface area contributed by atoms with Crippen molar-refractivity contribution >= 4 is 18.1 Å². The standard InChI is InChI=1S/C11H22N4O3/c1-8(14-10(17)6-13)11(18)15-9(7-16)4-2-3-5-12/h7-9H,2-6,12-13H2,1H3,(H,14,17)(H,15,18)/p+1/t8-,9-/m0/s1. The number of rotatable bonds is 9. The van der Waals surface area contributed by atoms with Crippen LogP contribution >= 0.6 is 0 Å². The van der Waals surface area contributed by atoms with Gasteiger partial charge in [0.05, 0.1) is 19.1 Å². The average Bonchev–Trinajstić information content (AvgIpc) is 2.37. The molecule has 0 saturated carbocycles. The summed E-state index contributed by atoms with van der Waals surface area (Å²) in [4.78, 5) is 33.5. The largest absolute Gasteiger partial charge is 0.358 e. The van der Waals surface area contributed by atoms with E-state index in [9.17, 15) is 14.4 Å². The number of amides is 2. The molecule has 0 bridgehead atoms. The Morgan fingerprint density at radius 1 is 1.33 bits per heavy atom. The van der Waals surface area contributed by atoms with E-state index in [1.807, 2.05) is 0 Å². The minimum atomic E-state index is -0.698.